The number of aromatic nitrogens is 1. The minimum atomic E-state index is -0.497. The molecule has 0 bridgehead atoms. The highest BCUT2D eigenvalue weighted by Crippen LogP contribution is 2.35. The monoisotopic (exact) mass is 307 g/mol. The molecule has 2 aliphatic heterocycles. The van der Waals surface area contributed by atoms with Crippen molar-refractivity contribution in [3.05, 3.63) is 12.3 Å². The number of piperazine rings is 1. The number of rotatable bonds is 0. The van der Waals surface area contributed by atoms with Crippen LogP contribution in [0.15, 0.2) is 12.3 Å². The van der Waals surface area contributed by atoms with Gasteiger partial charge in [0.25, 0.3) is 0 Å². The fraction of sp³-hybridized carbons (Fsp3) is 0.600. The van der Waals surface area contributed by atoms with E-state index >= 15 is 0 Å². The standard InChI is InChI=1S/C15H21N3O4/c1-15(2,3)22-14(20)17-4-5-18-10(8-17)9-21-12-6-11(19)7-16-13(12)18/h6-7,10,19H,4-5,8-9H2,1-3H3. The van der Waals surface area contributed by atoms with Crippen LogP contribution in [-0.4, -0.2) is 59.0 Å². The van der Waals surface area contributed by atoms with Crippen molar-refractivity contribution in [1.29, 1.82) is 0 Å². The fourth-order valence-electron chi connectivity index (χ4n) is 2.70. The molecule has 1 saturated heterocycles. The van der Waals surface area contributed by atoms with Gasteiger partial charge in [-0.25, -0.2) is 9.78 Å². The molecular formula is C15H21N3O4. The maximum atomic E-state index is 12.2. The van der Waals surface area contributed by atoms with Crippen LogP contribution in [0.1, 0.15) is 20.8 Å². The molecule has 1 unspecified atom stereocenters. The van der Waals surface area contributed by atoms with E-state index in [1.807, 2.05) is 20.8 Å². The van der Waals surface area contributed by atoms with Crippen molar-refractivity contribution in [3.8, 4) is 11.5 Å². The van der Waals surface area contributed by atoms with E-state index in [-0.39, 0.29) is 17.9 Å². The van der Waals surface area contributed by atoms with Gasteiger partial charge in [0.2, 0.25) is 0 Å². The van der Waals surface area contributed by atoms with E-state index in [4.69, 9.17) is 9.47 Å². The molecule has 22 heavy (non-hydrogen) atoms. The molecule has 7 heteroatoms. The number of ether oxygens (including phenoxy) is 2. The Morgan fingerprint density at radius 3 is 2.95 bits per heavy atom. The number of nitrogens with zero attached hydrogens (tertiary/aromatic N) is 3. The lowest BCUT2D eigenvalue weighted by Gasteiger charge is -2.44. The Bertz CT molecular complexity index is 585. The minimum Gasteiger partial charge on any atom is -0.506 e. The van der Waals surface area contributed by atoms with Crippen molar-refractivity contribution < 1.29 is 19.4 Å². The number of carbonyl (C=O) groups excluding carboxylic acids is 1. The minimum absolute atomic E-state index is 0.0470. The number of aromatic hydroxyl groups is 1. The molecule has 0 spiro atoms. The molecule has 1 N–H and O–H groups in total. The predicted octanol–water partition coefficient (Wildman–Crippen LogP) is 1.61. The molecule has 1 atom stereocenters. The van der Waals surface area contributed by atoms with Gasteiger partial charge in [-0.15, -0.1) is 0 Å². The maximum absolute atomic E-state index is 12.2. The molecule has 3 rings (SSSR count). The lowest BCUT2D eigenvalue weighted by atomic mass is 10.1. The summed E-state index contributed by atoms with van der Waals surface area (Å²) < 4.78 is 11.1. The van der Waals surface area contributed by atoms with Gasteiger partial charge in [0.05, 0.1) is 12.2 Å². The molecule has 1 amide bonds. The van der Waals surface area contributed by atoms with Crippen molar-refractivity contribution in [2.24, 2.45) is 0 Å². The zero-order chi connectivity index (χ0) is 15.9. The number of pyridine rings is 1. The number of carbonyl (C=O) groups is 1. The first kappa shape index (κ1) is 14.7. The first-order valence-corrected chi connectivity index (χ1v) is 7.40. The number of hydrogen-bond acceptors (Lipinski definition) is 6. The summed E-state index contributed by atoms with van der Waals surface area (Å²) in [6.45, 7) is 7.81. The van der Waals surface area contributed by atoms with E-state index in [0.29, 0.717) is 32.0 Å². The van der Waals surface area contributed by atoms with Crippen LogP contribution in [0.3, 0.4) is 0 Å². The van der Waals surface area contributed by atoms with Crippen LogP contribution in [0.5, 0.6) is 11.5 Å². The number of amides is 1. The van der Waals surface area contributed by atoms with Gasteiger partial charge in [0, 0.05) is 25.7 Å². The zero-order valence-electron chi connectivity index (χ0n) is 13.1. The lowest BCUT2D eigenvalue weighted by Crippen LogP contribution is -2.59. The summed E-state index contributed by atoms with van der Waals surface area (Å²) in [5.41, 5.74) is -0.497. The Balaban J connectivity index is 1.71. The summed E-state index contributed by atoms with van der Waals surface area (Å²) in [5.74, 6) is 1.39. The quantitative estimate of drug-likeness (QED) is 0.785. The van der Waals surface area contributed by atoms with Gasteiger partial charge in [0.1, 0.15) is 18.0 Å². The van der Waals surface area contributed by atoms with Gasteiger partial charge in [-0.2, -0.15) is 0 Å². The summed E-state index contributed by atoms with van der Waals surface area (Å²) in [6.07, 6.45) is 1.11. The van der Waals surface area contributed by atoms with Gasteiger partial charge in [-0.3, -0.25) is 0 Å². The van der Waals surface area contributed by atoms with Crippen molar-refractivity contribution in [1.82, 2.24) is 9.88 Å². The SMILES string of the molecule is CC(C)(C)OC(=O)N1CCN2c3ncc(O)cc3OCC2C1. The Morgan fingerprint density at radius 2 is 2.23 bits per heavy atom. The number of anilines is 1. The van der Waals surface area contributed by atoms with E-state index in [0.717, 1.165) is 5.82 Å². The van der Waals surface area contributed by atoms with Crippen molar-refractivity contribution in [2.45, 2.75) is 32.4 Å². The molecule has 3 heterocycles. The molecule has 120 valence electrons. The highest BCUT2D eigenvalue weighted by Gasteiger charge is 2.36. The smallest absolute Gasteiger partial charge is 0.410 e. The molecule has 0 aliphatic carbocycles. The molecule has 1 aromatic heterocycles. The van der Waals surface area contributed by atoms with Gasteiger partial charge in [-0.05, 0) is 20.8 Å². The van der Waals surface area contributed by atoms with Crippen LogP contribution in [0, 0.1) is 0 Å². The van der Waals surface area contributed by atoms with Crippen molar-refractivity contribution >= 4 is 11.9 Å². The third kappa shape index (κ3) is 2.88. The van der Waals surface area contributed by atoms with E-state index < -0.39 is 5.60 Å². The first-order chi connectivity index (χ1) is 10.3. The van der Waals surface area contributed by atoms with Gasteiger partial charge in [-0.1, -0.05) is 0 Å². The van der Waals surface area contributed by atoms with Crippen LogP contribution in [0.25, 0.3) is 0 Å². The predicted molar refractivity (Wildman–Crippen MR) is 80.3 cm³/mol. The highest BCUT2D eigenvalue weighted by atomic mass is 16.6. The molecule has 0 aromatic carbocycles. The summed E-state index contributed by atoms with van der Waals surface area (Å²) in [4.78, 5) is 20.3. The highest BCUT2D eigenvalue weighted by molar-refractivity contribution is 5.69. The third-order valence-electron chi connectivity index (χ3n) is 3.66. The van der Waals surface area contributed by atoms with Gasteiger partial charge < -0.3 is 24.4 Å². The van der Waals surface area contributed by atoms with E-state index in [2.05, 4.69) is 9.88 Å². The molecule has 1 aromatic rings. The van der Waals surface area contributed by atoms with E-state index in [1.165, 1.54) is 6.20 Å². The Labute approximate surface area is 129 Å². The Kier molecular flexibility index (Phi) is 3.50. The molecular weight excluding hydrogens is 286 g/mol. The normalized spacial score (nSPS) is 20.8. The summed E-state index contributed by atoms with van der Waals surface area (Å²) >= 11 is 0. The van der Waals surface area contributed by atoms with E-state index in [1.54, 1.807) is 11.0 Å². The molecule has 2 aliphatic rings. The third-order valence-corrected chi connectivity index (χ3v) is 3.66. The topological polar surface area (TPSA) is 75.1 Å². The Hall–Kier alpha value is -2.18. The lowest BCUT2D eigenvalue weighted by molar-refractivity contribution is 0.0194. The summed E-state index contributed by atoms with van der Waals surface area (Å²) in [6, 6.07) is 1.62. The molecule has 1 fully saturated rings. The van der Waals surface area contributed by atoms with Crippen LogP contribution >= 0.6 is 0 Å². The largest absolute Gasteiger partial charge is 0.506 e. The summed E-state index contributed by atoms with van der Waals surface area (Å²) in [7, 11) is 0. The van der Waals surface area contributed by atoms with Gasteiger partial charge >= 0.3 is 6.09 Å². The second-order valence-corrected chi connectivity index (χ2v) is 6.60. The second kappa shape index (κ2) is 5.23. The van der Waals surface area contributed by atoms with Crippen LogP contribution < -0.4 is 9.64 Å². The first-order valence-electron chi connectivity index (χ1n) is 7.40. The average Bonchev–Trinajstić information content (AvgIpc) is 2.44. The molecule has 0 saturated carbocycles. The zero-order valence-corrected chi connectivity index (χ0v) is 13.1. The van der Waals surface area contributed by atoms with Crippen molar-refractivity contribution in [3.63, 3.8) is 0 Å². The van der Waals surface area contributed by atoms with Crippen LogP contribution in [0.4, 0.5) is 10.6 Å². The molecule has 0 radical (unpaired) electrons. The number of fused-ring (bicyclic) bond motifs is 3. The number of hydrogen-bond donors (Lipinski definition) is 1. The maximum Gasteiger partial charge on any atom is 0.410 e. The van der Waals surface area contributed by atoms with Gasteiger partial charge in [0.15, 0.2) is 11.6 Å². The Morgan fingerprint density at radius 1 is 1.45 bits per heavy atom. The molecule has 7 nitrogen and oxygen atoms in total. The van der Waals surface area contributed by atoms with Crippen molar-refractivity contribution in [2.75, 3.05) is 31.1 Å². The fourth-order valence-corrected chi connectivity index (χ4v) is 2.70. The summed E-state index contributed by atoms with van der Waals surface area (Å²) in [5, 5.41) is 9.48. The van der Waals surface area contributed by atoms with Crippen LogP contribution in [0.2, 0.25) is 0 Å². The average molecular weight is 307 g/mol. The second-order valence-electron chi connectivity index (χ2n) is 6.60. The van der Waals surface area contributed by atoms with Crippen LogP contribution in [-0.2, 0) is 4.74 Å². The van der Waals surface area contributed by atoms with E-state index in [9.17, 15) is 9.90 Å².